The van der Waals surface area contributed by atoms with Crippen LogP contribution in [0, 0.1) is 25.2 Å². The molecule has 3 N–H and O–H groups in total. The van der Waals surface area contributed by atoms with E-state index in [-0.39, 0.29) is 17.2 Å². The first kappa shape index (κ1) is 18.5. The van der Waals surface area contributed by atoms with Gasteiger partial charge in [0.05, 0.1) is 29.8 Å². The average Bonchev–Trinajstić information content (AvgIpc) is 2.88. The maximum atomic E-state index is 12.7. The van der Waals surface area contributed by atoms with Crippen molar-refractivity contribution in [3.05, 3.63) is 34.3 Å². The Morgan fingerprint density at radius 3 is 2.68 bits per heavy atom. The van der Waals surface area contributed by atoms with Gasteiger partial charge in [0.15, 0.2) is 10.9 Å². The third-order valence-corrected chi connectivity index (χ3v) is 4.62. The van der Waals surface area contributed by atoms with E-state index in [0.717, 1.165) is 11.8 Å². The number of nitrogens with two attached hydrogens (primary N) is 1. The third-order valence-electron chi connectivity index (χ3n) is 3.64. The first-order valence-corrected chi connectivity index (χ1v) is 8.19. The molecule has 0 bridgehead atoms. The summed E-state index contributed by atoms with van der Waals surface area (Å²) in [5, 5.41) is 8.62. The minimum Gasteiger partial charge on any atom is -0.465 e. The molecule has 0 aliphatic rings. The maximum absolute atomic E-state index is 12.7. The highest BCUT2D eigenvalue weighted by atomic mass is 32.2. The van der Waals surface area contributed by atoms with Crippen LogP contribution in [0.2, 0.25) is 0 Å². The number of H-pyrrole nitrogens is 1. The Labute approximate surface area is 148 Å². The van der Waals surface area contributed by atoms with Crippen molar-refractivity contribution < 1.29 is 14.3 Å². The summed E-state index contributed by atoms with van der Waals surface area (Å²) in [6.45, 7) is 5.10. The number of nitrogens with zero attached hydrogens (tertiary/aromatic N) is 3. The van der Waals surface area contributed by atoms with Gasteiger partial charge in [0.25, 0.3) is 0 Å². The van der Waals surface area contributed by atoms with Crippen molar-refractivity contribution in [2.45, 2.75) is 31.2 Å². The molecule has 2 rings (SSSR count). The zero-order valence-corrected chi connectivity index (χ0v) is 15.0. The Morgan fingerprint density at radius 1 is 1.44 bits per heavy atom. The lowest BCUT2D eigenvalue weighted by atomic mass is 10.1. The van der Waals surface area contributed by atoms with E-state index in [1.54, 1.807) is 20.8 Å². The molecule has 130 valence electrons. The number of Topliss-reactive ketones (excluding diaryl/α,β-unsaturated/α-hetero) is 1. The highest BCUT2D eigenvalue weighted by molar-refractivity contribution is 8.00. The molecule has 25 heavy (non-hydrogen) atoms. The van der Waals surface area contributed by atoms with Crippen LogP contribution in [0.15, 0.2) is 11.4 Å². The van der Waals surface area contributed by atoms with Crippen LogP contribution >= 0.6 is 11.8 Å². The molecule has 1 atom stereocenters. The van der Waals surface area contributed by atoms with Crippen molar-refractivity contribution in [2.75, 3.05) is 12.8 Å². The standard InChI is InChI=1S/C16H17N5O3S/c1-7-11(15(23)24-4)8(2)20-12(7)13(22)9(3)25-16-19-6-10(5-17)14(18)21-16/h6,9,20H,1-4H3,(H2,18,19,21). The molecule has 1 unspecified atom stereocenters. The number of nitrogens with one attached hydrogen (secondary N) is 1. The molecule has 0 aliphatic heterocycles. The van der Waals surface area contributed by atoms with Gasteiger partial charge in [0.2, 0.25) is 0 Å². The molecule has 0 aromatic carbocycles. The van der Waals surface area contributed by atoms with Gasteiger partial charge in [0.1, 0.15) is 17.5 Å². The summed E-state index contributed by atoms with van der Waals surface area (Å²) in [6, 6.07) is 1.88. The van der Waals surface area contributed by atoms with E-state index in [1.165, 1.54) is 13.3 Å². The molecule has 2 aromatic rings. The summed E-state index contributed by atoms with van der Waals surface area (Å²) in [6.07, 6.45) is 1.32. The van der Waals surface area contributed by atoms with Crippen LogP contribution in [0.25, 0.3) is 0 Å². The number of nitrogen functional groups attached to an aromatic ring is 1. The highest BCUT2D eigenvalue weighted by Gasteiger charge is 2.26. The Hall–Kier alpha value is -2.86. The topological polar surface area (TPSA) is 135 Å². The second kappa shape index (κ2) is 7.36. The van der Waals surface area contributed by atoms with Crippen molar-refractivity contribution in [3.8, 4) is 6.07 Å². The molecule has 0 aliphatic carbocycles. The molecule has 0 fully saturated rings. The molecule has 0 amide bonds. The Balaban J connectivity index is 2.25. The zero-order chi connectivity index (χ0) is 18.7. The van der Waals surface area contributed by atoms with Gasteiger partial charge < -0.3 is 15.5 Å². The molecule has 9 heteroatoms. The lowest BCUT2D eigenvalue weighted by Gasteiger charge is -2.09. The number of anilines is 1. The number of ether oxygens (including phenoxy) is 1. The number of carbonyl (C=O) groups is 2. The molecule has 0 radical (unpaired) electrons. The summed E-state index contributed by atoms with van der Waals surface area (Å²) >= 11 is 1.12. The van der Waals surface area contributed by atoms with Crippen LogP contribution in [0.4, 0.5) is 5.82 Å². The number of aromatic nitrogens is 3. The molecule has 2 aromatic heterocycles. The first-order chi connectivity index (χ1) is 11.8. The number of nitriles is 1. The number of methoxy groups -OCH3 is 1. The van der Waals surface area contributed by atoms with Crippen molar-refractivity contribution in [1.29, 1.82) is 5.26 Å². The van der Waals surface area contributed by atoms with Gasteiger partial charge in [0, 0.05) is 5.69 Å². The number of aromatic amines is 1. The molecular weight excluding hydrogens is 342 g/mol. The Bertz CT molecular complexity index is 885. The summed E-state index contributed by atoms with van der Waals surface area (Å²) in [7, 11) is 1.29. The van der Waals surface area contributed by atoms with Crippen LogP contribution in [0.1, 0.15) is 44.6 Å². The fourth-order valence-corrected chi connectivity index (χ4v) is 3.15. The van der Waals surface area contributed by atoms with E-state index in [0.29, 0.717) is 27.7 Å². The molecule has 2 heterocycles. The van der Waals surface area contributed by atoms with Crippen molar-refractivity contribution in [3.63, 3.8) is 0 Å². The summed E-state index contributed by atoms with van der Waals surface area (Å²) in [5.41, 5.74) is 7.67. The van der Waals surface area contributed by atoms with E-state index in [2.05, 4.69) is 15.0 Å². The maximum Gasteiger partial charge on any atom is 0.339 e. The largest absolute Gasteiger partial charge is 0.465 e. The van der Waals surface area contributed by atoms with E-state index in [1.807, 2.05) is 6.07 Å². The fourth-order valence-electron chi connectivity index (χ4n) is 2.34. The Kier molecular flexibility index (Phi) is 5.44. The van der Waals surface area contributed by atoms with Gasteiger partial charge in [-0.1, -0.05) is 11.8 Å². The van der Waals surface area contributed by atoms with E-state index >= 15 is 0 Å². The summed E-state index contributed by atoms with van der Waals surface area (Å²) in [4.78, 5) is 35.5. The number of carbonyl (C=O) groups excluding carboxylic acids is 2. The van der Waals surface area contributed by atoms with E-state index in [4.69, 9.17) is 15.7 Å². The van der Waals surface area contributed by atoms with Gasteiger partial charge in [-0.2, -0.15) is 5.26 Å². The monoisotopic (exact) mass is 359 g/mol. The summed E-state index contributed by atoms with van der Waals surface area (Å²) < 4.78 is 4.75. The normalized spacial score (nSPS) is 11.6. The van der Waals surface area contributed by atoms with Crippen LogP contribution in [0.5, 0.6) is 0 Å². The third kappa shape index (κ3) is 3.64. The number of rotatable bonds is 5. The molecular formula is C16H17N5O3S. The fraction of sp³-hybridized carbons (Fsp3) is 0.312. The smallest absolute Gasteiger partial charge is 0.339 e. The van der Waals surface area contributed by atoms with Gasteiger partial charge in [-0.15, -0.1) is 0 Å². The van der Waals surface area contributed by atoms with Crippen molar-refractivity contribution in [2.24, 2.45) is 0 Å². The summed E-state index contributed by atoms with van der Waals surface area (Å²) in [5.74, 6) is -0.624. The van der Waals surface area contributed by atoms with Crippen LogP contribution < -0.4 is 5.73 Å². The number of thioether (sulfide) groups is 1. The molecule has 8 nitrogen and oxygen atoms in total. The first-order valence-electron chi connectivity index (χ1n) is 7.31. The van der Waals surface area contributed by atoms with Gasteiger partial charge in [-0.3, -0.25) is 4.79 Å². The van der Waals surface area contributed by atoms with Gasteiger partial charge in [-0.05, 0) is 26.3 Å². The van der Waals surface area contributed by atoms with Crippen LogP contribution in [0.3, 0.4) is 0 Å². The molecule has 0 spiro atoms. The highest BCUT2D eigenvalue weighted by Crippen LogP contribution is 2.26. The lowest BCUT2D eigenvalue weighted by molar-refractivity contribution is 0.0599. The minimum absolute atomic E-state index is 0.0690. The quantitative estimate of drug-likeness (QED) is 0.358. The number of ketones is 1. The minimum atomic E-state index is -0.519. The number of esters is 1. The Morgan fingerprint density at radius 2 is 2.12 bits per heavy atom. The van der Waals surface area contributed by atoms with Gasteiger partial charge >= 0.3 is 5.97 Å². The second-order valence-corrected chi connectivity index (χ2v) is 6.61. The van der Waals surface area contributed by atoms with Gasteiger partial charge in [-0.25, -0.2) is 14.8 Å². The SMILES string of the molecule is COC(=O)c1c(C)[nH]c(C(=O)C(C)Sc2ncc(C#N)c(N)n2)c1C. The molecule has 0 saturated carbocycles. The average molecular weight is 359 g/mol. The van der Waals surface area contributed by atoms with E-state index < -0.39 is 11.2 Å². The number of aryl methyl sites for hydroxylation is 1. The number of hydrogen-bond donors (Lipinski definition) is 2. The van der Waals surface area contributed by atoms with Crippen molar-refractivity contribution >= 4 is 29.3 Å². The lowest BCUT2D eigenvalue weighted by Crippen LogP contribution is -2.16. The molecule has 0 saturated heterocycles. The second-order valence-electron chi connectivity index (χ2n) is 5.30. The van der Waals surface area contributed by atoms with Crippen LogP contribution in [-0.4, -0.2) is 39.1 Å². The number of hydrogen-bond acceptors (Lipinski definition) is 8. The predicted octanol–water partition coefficient (Wildman–Crippen LogP) is 2.03. The zero-order valence-electron chi connectivity index (χ0n) is 14.2. The van der Waals surface area contributed by atoms with Crippen LogP contribution in [-0.2, 0) is 4.74 Å². The van der Waals surface area contributed by atoms with E-state index in [9.17, 15) is 9.59 Å². The van der Waals surface area contributed by atoms with Crippen molar-refractivity contribution in [1.82, 2.24) is 15.0 Å². The predicted molar refractivity (Wildman–Crippen MR) is 92.4 cm³/mol.